The third-order valence-electron chi connectivity index (χ3n) is 4.97. The maximum Gasteiger partial charge on any atom is 0.322 e. The van der Waals surface area contributed by atoms with E-state index < -0.39 is 21.7 Å². The topological polar surface area (TPSA) is 133 Å². The van der Waals surface area contributed by atoms with Crippen LogP contribution in [0.1, 0.15) is 10.4 Å². The minimum Gasteiger partial charge on any atom is -0.486 e. The highest BCUT2D eigenvalue weighted by molar-refractivity contribution is 7.92. The number of nitrogens with zero attached hydrogens (tertiary/aromatic N) is 2. The van der Waals surface area contributed by atoms with Crippen LogP contribution in [0.5, 0.6) is 11.5 Å². The number of nitrogens with one attached hydrogen (secondary N) is 2. The summed E-state index contributed by atoms with van der Waals surface area (Å²) < 4.78 is 57.5. The summed E-state index contributed by atoms with van der Waals surface area (Å²) in [6, 6.07) is 15.2. The van der Waals surface area contributed by atoms with Crippen LogP contribution in [0.4, 0.5) is 16.1 Å². The van der Waals surface area contributed by atoms with Crippen LogP contribution >= 0.6 is 0 Å². The number of fused-ring (bicyclic) bond motifs is 1. The number of carbonyl (C=O) groups excluding carboxylic acids is 1. The van der Waals surface area contributed by atoms with Crippen molar-refractivity contribution in [3.8, 4) is 23.0 Å². The lowest BCUT2D eigenvalue weighted by molar-refractivity contribution is 0.102. The van der Waals surface area contributed by atoms with E-state index in [1.54, 1.807) is 30.3 Å². The molecule has 3 aromatic carbocycles. The van der Waals surface area contributed by atoms with Crippen LogP contribution in [-0.4, -0.2) is 37.7 Å². The molecule has 2 N–H and O–H groups in total. The molecule has 35 heavy (non-hydrogen) atoms. The van der Waals surface area contributed by atoms with E-state index in [1.165, 1.54) is 12.1 Å². The highest BCUT2D eigenvalue weighted by atomic mass is 32.2. The fraction of sp³-hybridized carbons (Fsp3) is 0.0870. The predicted octanol–water partition coefficient (Wildman–Crippen LogP) is 3.70. The van der Waals surface area contributed by atoms with Gasteiger partial charge in [0.2, 0.25) is 5.89 Å². The molecule has 5 rings (SSSR count). The molecular weight excluding hydrogens is 479 g/mol. The van der Waals surface area contributed by atoms with Crippen molar-refractivity contribution in [3.05, 3.63) is 78.1 Å². The van der Waals surface area contributed by atoms with Gasteiger partial charge in [0.25, 0.3) is 15.9 Å². The minimum absolute atomic E-state index is 0.0114. The Kier molecular flexibility index (Phi) is 5.79. The van der Waals surface area contributed by atoms with Gasteiger partial charge in [-0.1, -0.05) is 17.2 Å². The lowest BCUT2D eigenvalue weighted by Crippen LogP contribution is -2.18. The lowest BCUT2D eigenvalue weighted by atomic mass is 10.2. The molecule has 0 atom stereocenters. The Labute approximate surface area is 198 Å². The maximum atomic E-state index is 13.2. The number of hydrogen-bond acceptors (Lipinski definition) is 8. The molecule has 0 aliphatic carbocycles. The van der Waals surface area contributed by atoms with E-state index in [2.05, 4.69) is 20.2 Å². The Morgan fingerprint density at radius 2 is 1.66 bits per heavy atom. The molecule has 1 aliphatic heterocycles. The van der Waals surface area contributed by atoms with Gasteiger partial charge in [-0.2, -0.15) is 0 Å². The third-order valence-corrected chi connectivity index (χ3v) is 6.36. The number of benzene rings is 3. The molecule has 1 aromatic heterocycles. The van der Waals surface area contributed by atoms with Crippen LogP contribution in [0.25, 0.3) is 11.5 Å². The number of rotatable bonds is 6. The molecule has 4 aromatic rings. The standard InChI is InChI=1S/C23H17FN4O6S/c24-15-6-8-16(9-7-15)35(30,31)28-18-4-2-1-3-17(18)21(29)25-23-27-26-22(34-23)14-5-10-19-20(13-14)33-12-11-32-19/h1-10,13,28H,11-12H2,(H,25,27,29). The maximum absolute atomic E-state index is 13.2. The Morgan fingerprint density at radius 3 is 2.46 bits per heavy atom. The zero-order valence-electron chi connectivity index (χ0n) is 17.9. The molecule has 1 aliphatic rings. The second kappa shape index (κ2) is 9.06. The number of amides is 1. The molecule has 0 spiro atoms. The molecule has 178 valence electrons. The Morgan fingerprint density at radius 1 is 0.914 bits per heavy atom. The molecule has 0 saturated carbocycles. The number of sulfonamides is 1. The molecule has 0 bridgehead atoms. The van der Waals surface area contributed by atoms with Gasteiger partial charge in [-0.3, -0.25) is 14.8 Å². The number of ether oxygens (including phenoxy) is 2. The fourth-order valence-electron chi connectivity index (χ4n) is 3.32. The quantitative estimate of drug-likeness (QED) is 0.413. The van der Waals surface area contributed by atoms with Crippen molar-refractivity contribution in [2.24, 2.45) is 0 Å². The van der Waals surface area contributed by atoms with Crippen LogP contribution in [0.2, 0.25) is 0 Å². The van der Waals surface area contributed by atoms with E-state index in [9.17, 15) is 17.6 Å². The highest BCUT2D eigenvalue weighted by Gasteiger charge is 2.21. The Bertz CT molecular complexity index is 1500. The smallest absolute Gasteiger partial charge is 0.322 e. The number of anilines is 2. The first-order valence-electron chi connectivity index (χ1n) is 10.3. The summed E-state index contributed by atoms with van der Waals surface area (Å²) in [7, 11) is -4.07. The predicted molar refractivity (Wildman–Crippen MR) is 122 cm³/mol. The van der Waals surface area contributed by atoms with Crippen molar-refractivity contribution in [3.63, 3.8) is 0 Å². The van der Waals surface area contributed by atoms with Crippen LogP contribution < -0.4 is 19.5 Å². The van der Waals surface area contributed by atoms with Crippen molar-refractivity contribution in [2.75, 3.05) is 23.3 Å². The van der Waals surface area contributed by atoms with Gasteiger partial charge in [-0.05, 0) is 54.6 Å². The summed E-state index contributed by atoms with van der Waals surface area (Å²) in [6.07, 6.45) is 0. The number of halogens is 1. The van der Waals surface area contributed by atoms with Crippen LogP contribution in [0, 0.1) is 5.82 Å². The molecule has 10 nitrogen and oxygen atoms in total. The summed E-state index contributed by atoms with van der Waals surface area (Å²) in [5.41, 5.74) is 0.591. The summed E-state index contributed by atoms with van der Waals surface area (Å²) in [6.45, 7) is 0.885. The monoisotopic (exact) mass is 496 g/mol. The largest absolute Gasteiger partial charge is 0.486 e. The number of hydrogen-bond donors (Lipinski definition) is 2. The van der Waals surface area contributed by atoms with Crippen LogP contribution in [0.15, 0.2) is 76.0 Å². The van der Waals surface area contributed by atoms with Gasteiger partial charge in [0.1, 0.15) is 19.0 Å². The minimum atomic E-state index is -4.07. The fourth-order valence-corrected chi connectivity index (χ4v) is 4.40. The average Bonchev–Trinajstić information content (AvgIpc) is 3.32. The first-order valence-corrected chi connectivity index (χ1v) is 11.8. The van der Waals surface area contributed by atoms with Gasteiger partial charge in [0.05, 0.1) is 16.1 Å². The normalized spacial score (nSPS) is 12.7. The van der Waals surface area contributed by atoms with Crippen molar-refractivity contribution in [1.29, 1.82) is 0 Å². The van der Waals surface area contributed by atoms with Crippen LogP contribution in [-0.2, 0) is 10.0 Å². The first kappa shape index (κ1) is 22.3. The van der Waals surface area contributed by atoms with Crippen molar-refractivity contribution in [1.82, 2.24) is 10.2 Å². The molecule has 0 radical (unpaired) electrons. The molecule has 0 unspecified atom stereocenters. The lowest BCUT2D eigenvalue weighted by Gasteiger charge is -2.18. The molecule has 1 amide bonds. The summed E-state index contributed by atoms with van der Waals surface area (Å²) >= 11 is 0. The Hall–Kier alpha value is -4.45. The zero-order valence-corrected chi connectivity index (χ0v) is 18.7. The number of carbonyl (C=O) groups is 1. The Balaban J connectivity index is 1.34. The van der Waals surface area contributed by atoms with E-state index in [0.717, 1.165) is 24.3 Å². The van der Waals surface area contributed by atoms with Crippen LogP contribution in [0.3, 0.4) is 0 Å². The van der Waals surface area contributed by atoms with Gasteiger partial charge in [0, 0.05) is 5.56 Å². The van der Waals surface area contributed by atoms with Crippen molar-refractivity contribution in [2.45, 2.75) is 4.90 Å². The molecule has 0 fully saturated rings. The van der Waals surface area contributed by atoms with E-state index in [4.69, 9.17) is 13.9 Å². The molecular formula is C23H17FN4O6S. The average molecular weight is 496 g/mol. The van der Waals surface area contributed by atoms with Crippen molar-refractivity contribution < 1.29 is 31.5 Å². The highest BCUT2D eigenvalue weighted by Crippen LogP contribution is 2.34. The van der Waals surface area contributed by atoms with Gasteiger partial charge in [-0.15, -0.1) is 5.10 Å². The van der Waals surface area contributed by atoms with Gasteiger partial charge < -0.3 is 13.9 Å². The summed E-state index contributed by atoms with van der Waals surface area (Å²) in [5, 5.41) is 10.2. The zero-order chi connectivity index (χ0) is 24.4. The van der Waals surface area contributed by atoms with Gasteiger partial charge in [0.15, 0.2) is 11.5 Å². The number of aromatic nitrogens is 2. The molecule has 2 heterocycles. The second-order valence-corrected chi connectivity index (χ2v) is 9.01. The molecule has 12 heteroatoms. The SMILES string of the molecule is O=C(Nc1nnc(-c2ccc3c(c2)OCCO3)o1)c1ccccc1NS(=O)(=O)c1ccc(F)cc1. The first-order chi connectivity index (χ1) is 16.9. The van der Waals surface area contributed by atoms with Gasteiger partial charge in [-0.25, -0.2) is 12.8 Å². The van der Waals surface area contributed by atoms with Crippen molar-refractivity contribution >= 4 is 27.6 Å². The second-order valence-electron chi connectivity index (χ2n) is 7.33. The summed E-state index contributed by atoms with van der Waals surface area (Å²) in [4.78, 5) is 12.7. The summed E-state index contributed by atoms with van der Waals surface area (Å²) in [5.74, 6) is 0.0360. The van der Waals surface area contributed by atoms with E-state index in [0.29, 0.717) is 30.3 Å². The van der Waals surface area contributed by atoms with E-state index in [1.807, 2.05) is 0 Å². The third kappa shape index (κ3) is 4.77. The number of para-hydroxylation sites is 1. The van der Waals surface area contributed by atoms with E-state index in [-0.39, 0.29) is 28.1 Å². The molecule has 0 saturated heterocycles. The van der Waals surface area contributed by atoms with Gasteiger partial charge >= 0.3 is 6.01 Å². The van der Waals surface area contributed by atoms with E-state index >= 15 is 0 Å².